The fourth-order valence-electron chi connectivity index (χ4n) is 0.0519. The Morgan fingerprint density at radius 1 is 1.86 bits per heavy atom. The van der Waals surface area contributed by atoms with E-state index in [1.807, 2.05) is 0 Å². The molecular formula is C2H3IN2O2. The molecule has 1 atom stereocenters. The first-order chi connectivity index (χ1) is 3.18. The van der Waals surface area contributed by atoms with Crippen molar-refractivity contribution in [3.8, 4) is 0 Å². The molecule has 0 spiro atoms. The molecule has 40 valence electrons. The number of halogens is 1. The molecule has 0 aliphatic rings. The monoisotopic (exact) mass is 214 g/mol. The highest BCUT2D eigenvalue weighted by Crippen LogP contribution is 1.97. The van der Waals surface area contributed by atoms with Gasteiger partial charge in [0.05, 0.1) is 0 Å². The quantitative estimate of drug-likeness (QED) is 0.304. The number of hydrogen-bond donors (Lipinski definition) is 1. The highest BCUT2D eigenvalue weighted by atomic mass is 127. The molecule has 1 amide bonds. The summed E-state index contributed by atoms with van der Waals surface area (Å²) in [4.78, 5) is 19.2. The Hall–Kier alpha value is -0.200. The Labute approximate surface area is 53.6 Å². The minimum atomic E-state index is -0.919. The van der Waals surface area contributed by atoms with Gasteiger partial charge in [-0.05, 0) is 27.8 Å². The predicted octanol–water partition coefficient (Wildman–Crippen LogP) is -0.000800. The molecule has 0 aliphatic heterocycles. The lowest BCUT2D eigenvalue weighted by Gasteiger charge is -1.86. The summed E-state index contributed by atoms with van der Waals surface area (Å²) in [5.41, 5.74) is 4.61. The minimum absolute atomic E-state index is 0.699. The molecule has 0 saturated carbocycles. The zero-order valence-electron chi connectivity index (χ0n) is 3.30. The fraction of sp³-hybridized carbons (Fsp3) is 0.500. The van der Waals surface area contributed by atoms with Gasteiger partial charge in [-0.25, -0.2) is 0 Å². The summed E-state index contributed by atoms with van der Waals surface area (Å²) in [6.07, 6.45) is 0. The smallest absolute Gasteiger partial charge is 0.256 e. The maximum Gasteiger partial charge on any atom is 0.256 e. The number of hydrogen-bond acceptors (Lipinski definition) is 3. The Balaban J connectivity index is 3.55. The van der Waals surface area contributed by atoms with Gasteiger partial charge in [0.1, 0.15) is 0 Å². The first kappa shape index (κ1) is 6.80. The Bertz CT molecular complexity index is 93.7. The highest BCUT2D eigenvalue weighted by molar-refractivity contribution is 14.1. The van der Waals surface area contributed by atoms with Crippen LogP contribution in [0.3, 0.4) is 0 Å². The lowest BCUT2D eigenvalue weighted by atomic mass is 10.7. The minimum Gasteiger partial charge on any atom is -0.367 e. The molecule has 0 fully saturated rings. The van der Waals surface area contributed by atoms with E-state index >= 15 is 0 Å². The molecule has 0 heterocycles. The summed E-state index contributed by atoms with van der Waals surface area (Å²) in [7, 11) is 0. The van der Waals surface area contributed by atoms with E-state index in [1.165, 1.54) is 0 Å². The van der Waals surface area contributed by atoms with Crippen molar-refractivity contribution in [3.05, 3.63) is 4.91 Å². The van der Waals surface area contributed by atoms with Gasteiger partial charge in [0, 0.05) is 0 Å². The molecule has 0 aromatic rings. The summed E-state index contributed by atoms with van der Waals surface area (Å²) < 4.78 is -0.919. The Morgan fingerprint density at radius 3 is 2.29 bits per heavy atom. The van der Waals surface area contributed by atoms with Crippen LogP contribution in [0.2, 0.25) is 0 Å². The van der Waals surface area contributed by atoms with Crippen LogP contribution in [0.5, 0.6) is 0 Å². The molecule has 0 rings (SSSR count). The third-order valence-electron chi connectivity index (χ3n) is 0.327. The number of rotatable bonds is 2. The van der Waals surface area contributed by atoms with Crippen LogP contribution in [-0.2, 0) is 4.79 Å². The summed E-state index contributed by atoms with van der Waals surface area (Å²) in [5.74, 6) is -0.699. The molecule has 0 aromatic carbocycles. The SMILES string of the molecule is NC(=O)[C@@H](I)N=O. The molecular weight excluding hydrogens is 211 g/mol. The second-order valence-corrected chi connectivity index (χ2v) is 2.02. The van der Waals surface area contributed by atoms with Crippen LogP contribution in [0.25, 0.3) is 0 Å². The number of amides is 1. The number of primary amides is 1. The molecule has 0 unspecified atom stereocenters. The summed E-state index contributed by atoms with van der Waals surface area (Å²) in [6, 6.07) is 0. The van der Waals surface area contributed by atoms with Gasteiger partial charge in [-0.15, -0.1) is 4.91 Å². The number of nitrogens with zero attached hydrogens (tertiary/aromatic N) is 1. The normalized spacial score (nSPS) is 12.7. The first-order valence-corrected chi connectivity index (χ1v) is 2.69. The van der Waals surface area contributed by atoms with Gasteiger partial charge in [0.15, 0.2) is 0 Å². The van der Waals surface area contributed by atoms with Gasteiger partial charge >= 0.3 is 0 Å². The Morgan fingerprint density at radius 2 is 2.29 bits per heavy atom. The largest absolute Gasteiger partial charge is 0.367 e. The third-order valence-corrected chi connectivity index (χ3v) is 1.17. The van der Waals surface area contributed by atoms with E-state index in [2.05, 4.69) is 10.9 Å². The molecule has 0 aliphatic carbocycles. The second-order valence-electron chi connectivity index (χ2n) is 0.844. The molecule has 0 aromatic heterocycles. The molecule has 2 N–H and O–H groups in total. The Kier molecular flexibility index (Phi) is 2.81. The average Bonchev–Trinajstić information content (AvgIpc) is 1.65. The summed E-state index contributed by atoms with van der Waals surface area (Å²) in [5, 5.41) is 2.35. The van der Waals surface area contributed by atoms with Gasteiger partial charge in [-0.3, -0.25) is 4.79 Å². The molecule has 0 radical (unpaired) electrons. The van der Waals surface area contributed by atoms with E-state index < -0.39 is 9.96 Å². The lowest BCUT2D eigenvalue weighted by molar-refractivity contribution is -0.117. The topological polar surface area (TPSA) is 72.5 Å². The van der Waals surface area contributed by atoms with Gasteiger partial charge in [0.2, 0.25) is 4.05 Å². The van der Waals surface area contributed by atoms with Gasteiger partial charge in [0.25, 0.3) is 5.91 Å². The van der Waals surface area contributed by atoms with Gasteiger partial charge in [-0.2, -0.15) is 0 Å². The first-order valence-electron chi connectivity index (χ1n) is 1.44. The van der Waals surface area contributed by atoms with E-state index in [9.17, 15) is 9.70 Å². The molecule has 4 nitrogen and oxygen atoms in total. The van der Waals surface area contributed by atoms with Crippen molar-refractivity contribution in [1.29, 1.82) is 0 Å². The van der Waals surface area contributed by atoms with Crippen molar-refractivity contribution < 1.29 is 4.79 Å². The zero-order valence-corrected chi connectivity index (χ0v) is 5.45. The van der Waals surface area contributed by atoms with Crippen LogP contribution in [0, 0.1) is 4.91 Å². The van der Waals surface area contributed by atoms with Crippen LogP contribution >= 0.6 is 22.6 Å². The maximum absolute atomic E-state index is 9.85. The third kappa shape index (κ3) is 2.49. The van der Waals surface area contributed by atoms with Crippen molar-refractivity contribution in [1.82, 2.24) is 0 Å². The predicted molar refractivity (Wildman–Crippen MR) is 32.8 cm³/mol. The van der Waals surface area contributed by atoms with E-state index in [0.717, 1.165) is 0 Å². The van der Waals surface area contributed by atoms with E-state index in [0.29, 0.717) is 0 Å². The van der Waals surface area contributed by atoms with Crippen molar-refractivity contribution in [2.45, 2.75) is 4.05 Å². The maximum atomic E-state index is 9.85. The number of nitrogens with two attached hydrogens (primary N) is 1. The summed E-state index contributed by atoms with van der Waals surface area (Å²) >= 11 is 1.54. The van der Waals surface area contributed by atoms with Crippen LogP contribution < -0.4 is 5.73 Å². The average molecular weight is 214 g/mol. The van der Waals surface area contributed by atoms with Gasteiger partial charge in [-0.1, -0.05) is 0 Å². The molecule has 0 saturated heterocycles. The van der Waals surface area contributed by atoms with Crippen molar-refractivity contribution in [2.75, 3.05) is 0 Å². The highest BCUT2D eigenvalue weighted by Gasteiger charge is 2.07. The van der Waals surface area contributed by atoms with Gasteiger partial charge < -0.3 is 5.73 Å². The van der Waals surface area contributed by atoms with E-state index in [-0.39, 0.29) is 0 Å². The number of carbonyl (C=O) groups is 1. The van der Waals surface area contributed by atoms with Crippen LogP contribution in [0.15, 0.2) is 5.18 Å². The van der Waals surface area contributed by atoms with Crippen molar-refractivity contribution in [3.63, 3.8) is 0 Å². The summed E-state index contributed by atoms with van der Waals surface area (Å²) in [6.45, 7) is 0. The van der Waals surface area contributed by atoms with Crippen LogP contribution in [-0.4, -0.2) is 9.96 Å². The number of carbonyl (C=O) groups excluding carboxylic acids is 1. The lowest BCUT2D eigenvalue weighted by Crippen LogP contribution is -2.20. The molecule has 0 bridgehead atoms. The van der Waals surface area contributed by atoms with Crippen LogP contribution in [0.4, 0.5) is 0 Å². The van der Waals surface area contributed by atoms with E-state index in [4.69, 9.17) is 0 Å². The van der Waals surface area contributed by atoms with Crippen molar-refractivity contribution >= 4 is 28.5 Å². The van der Waals surface area contributed by atoms with Crippen LogP contribution in [0.1, 0.15) is 0 Å². The molecule has 5 heteroatoms. The number of alkyl halides is 1. The van der Waals surface area contributed by atoms with E-state index in [1.54, 1.807) is 22.6 Å². The number of nitroso groups, excluding NO2 is 1. The standard InChI is InChI=1S/C2H3IN2O2/c3-1(5-7)2(4)6/h1H,(H2,4,6)/t1-/m0/s1. The molecule has 7 heavy (non-hydrogen) atoms. The fourth-order valence-corrected chi connectivity index (χ4v) is 0.0519. The van der Waals surface area contributed by atoms with Crippen molar-refractivity contribution in [2.24, 2.45) is 10.9 Å². The second kappa shape index (κ2) is 2.89. The zero-order chi connectivity index (χ0) is 5.86.